The molecular formula is C14H21ClFN3O3S. The lowest BCUT2D eigenvalue weighted by Crippen LogP contribution is -2.50. The minimum absolute atomic E-state index is 0. The maximum atomic E-state index is 12.9. The first-order valence-corrected chi connectivity index (χ1v) is 8.60. The lowest BCUT2D eigenvalue weighted by atomic mass is 10.1. The van der Waals surface area contributed by atoms with E-state index in [1.807, 2.05) is 0 Å². The van der Waals surface area contributed by atoms with Crippen molar-refractivity contribution in [3.05, 3.63) is 30.1 Å². The Morgan fingerprint density at radius 3 is 2.30 bits per heavy atom. The van der Waals surface area contributed by atoms with E-state index in [4.69, 9.17) is 5.73 Å². The minimum atomic E-state index is -3.68. The van der Waals surface area contributed by atoms with Gasteiger partial charge in [-0.05, 0) is 44.0 Å². The summed E-state index contributed by atoms with van der Waals surface area (Å²) in [5.41, 5.74) is 5.56. The van der Waals surface area contributed by atoms with Gasteiger partial charge in [-0.15, -0.1) is 12.4 Å². The van der Waals surface area contributed by atoms with Gasteiger partial charge in [0.05, 0.1) is 10.9 Å². The molecule has 1 unspecified atom stereocenters. The number of sulfonamides is 1. The summed E-state index contributed by atoms with van der Waals surface area (Å²) in [4.78, 5) is 13.4. The van der Waals surface area contributed by atoms with Crippen molar-refractivity contribution < 1.29 is 17.6 Å². The van der Waals surface area contributed by atoms with Gasteiger partial charge in [0.25, 0.3) is 0 Å². The molecule has 1 amide bonds. The molecule has 0 bridgehead atoms. The van der Waals surface area contributed by atoms with Gasteiger partial charge in [-0.3, -0.25) is 4.79 Å². The number of rotatable bonds is 4. The van der Waals surface area contributed by atoms with E-state index in [-0.39, 0.29) is 29.3 Å². The molecule has 0 radical (unpaired) electrons. The van der Waals surface area contributed by atoms with Crippen LogP contribution >= 0.6 is 12.4 Å². The van der Waals surface area contributed by atoms with Crippen LogP contribution < -0.4 is 10.5 Å². The van der Waals surface area contributed by atoms with Gasteiger partial charge in [0, 0.05) is 19.1 Å². The van der Waals surface area contributed by atoms with Crippen LogP contribution in [-0.4, -0.2) is 44.4 Å². The number of carbonyl (C=O) groups is 1. The third kappa shape index (κ3) is 5.13. The smallest absolute Gasteiger partial charge is 0.240 e. The largest absolute Gasteiger partial charge is 0.341 e. The topological polar surface area (TPSA) is 92.5 Å². The highest BCUT2D eigenvalue weighted by Gasteiger charge is 2.27. The lowest BCUT2D eigenvalue weighted by molar-refractivity contribution is -0.133. The van der Waals surface area contributed by atoms with E-state index in [2.05, 4.69) is 4.72 Å². The zero-order chi connectivity index (χ0) is 16.3. The Kier molecular flexibility index (Phi) is 6.94. The van der Waals surface area contributed by atoms with Gasteiger partial charge < -0.3 is 10.6 Å². The Balaban J connectivity index is 0.00000264. The number of likely N-dealkylation sites (tertiary alicyclic amines) is 1. The van der Waals surface area contributed by atoms with E-state index < -0.39 is 21.9 Å². The summed E-state index contributed by atoms with van der Waals surface area (Å²) < 4.78 is 39.9. The number of nitrogens with two attached hydrogens (primary N) is 1. The van der Waals surface area contributed by atoms with E-state index in [0.29, 0.717) is 25.9 Å². The van der Waals surface area contributed by atoms with Crippen molar-refractivity contribution in [1.29, 1.82) is 0 Å². The SMILES string of the molecule is CC(N)C(=O)N1CCC(NS(=O)(=O)c2ccc(F)cc2)CC1.Cl. The highest BCUT2D eigenvalue weighted by Crippen LogP contribution is 2.16. The van der Waals surface area contributed by atoms with E-state index in [1.54, 1.807) is 11.8 Å². The number of amides is 1. The Hall–Kier alpha value is -1.22. The summed E-state index contributed by atoms with van der Waals surface area (Å²) >= 11 is 0. The molecule has 1 saturated heterocycles. The molecule has 1 heterocycles. The Morgan fingerprint density at radius 2 is 1.83 bits per heavy atom. The molecule has 0 aromatic heterocycles. The van der Waals surface area contributed by atoms with Crippen LogP contribution in [0, 0.1) is 5.82 Å². The molecule has 3 N–H and O–H groups in total. The van der Waals surface area contributed by atoms with Crippen LogP contribution in [0.2, 0.25) is 0 Å². The number of carbonyl (C=O) groups excluding carboxylic acids is 1. The second-order valence-corrected chi connectivity index (χ2v) is 7.18. The first-order chi connectivity index (χ1) is 10.3. The summed E-state index contributed by atoms with van der Waals surface area (Å²) in [6.45, 7) is 2.57. The van der Waals surface area contributed by atoms with Crippen molar-refractivity contribution in [2.45, 2.75) is 36.7 Å². The Labute approximate surface area is 141 Å². The van der Waals surface area contributed by atoms with Gasteiger partial charge in [-0.1, -0.05) is 0 Å². The van der Waals surface area contributed by atoms with Crippen LogP contribution in [0.25, 0.3) is 0 Å². The quantitative estimate of drug-likeness (QED) is 0.827. The molecule has 130 valence electrons. The number of nitrogens with one attached hydrogen (secondary N) is 1. The van der Waals surface area contributed by atoms with Gasteiger partial charge >= 0.3 is 0 Å². The van der Waals surface area contributed by atoms with Crippen molar-refractivity contribution >= 4 is 28.3 Å². The van der Waals surface area contributed by atoms with Crippen molar-refractivity contribution in [2.75, 3.05) is 13.1 Å². The van der Waals surface area contributed by atoms with Crippen LogP contribution in [0.4, 0.5) is 4.39 Å². The molecule has 23 heavy (non-hydrogen) atoms. The standard InChI is InChI=1S/C14H20FN3O3S.ClH/c1-10(16)14(19)18-8-6-12(7-9-18)17-22(20,21)13-4-2-11(15)3-5-13;/h2-5,10,12,17H,6-9,16H2,1H3;1H. The zero-order valence-electron chi connectivity index (χ0n) is 12.7. The number of halogens is 2. The van der Waals surface area contributed by atoms with Gasteiger partial charge in [0.2, 0.25) is 15.9 Å². The molecule has 1 aliphatic rings. The van der Waals surface area contributed by atoms with Crippen LogP contribution in [0.5, 0.6) is 0 Å². The molecule has 9 heteroatoms. The van der Waals surface area contributed by atoms with Crippen molar-refractivity contribution in [3.63, 3.8) is 0 Å². The third-order valence-corrected chi connectivity index (χ3v) is 5.18. The third-order valence-electron chi connectivity index (χ3n) is 3.64. The minimum Gasteiger partial charge on any atom is -0.341 e. The lowest BCUT2D eigenvalue weighted by Gasteiger charge is -2.33. The molecule has 1 fully saturated rings. The van der Waals surface area contributed by atoms with E-state index in [0.717, 1.165) is 12.1 Å². The monoisotopic (exact) mass is 365 g/mol. The fourth-order valence-corrected chi connectivity index (χ4v) is 3.71. The van der Waals surface area contributed by atoms with Crippen LogP contribution in [0.3, 0.4) is 0 Å². The highest BCUT2D eigenvalue weighted by atomic mass is 35.5. The number of hydrogen-bond acceptors (Lipinski definition) is 4. The second-order valence-electron chi connectivity index (χ2n) is 5.46. The summed E-state index contributed by atoms with van der Waals surface area (Å²) in [6.07, 6.45) is 1.05. The fourth-order valence-electron chi connectivity index (χ4n) is 2.41. The Morgan fingerprint density at radius 1 is 1.30 bits per heavy atom. The van der Waals surface area contributed by atoms with Crippen molar-refractivity contribution in [1.82, 2.24) is 9.62 Å². The Bertz CT molecular complexity index is 629. The van der Waals surface area contributed by atoms with Crippen molar-refractivity contribution in [2.24, 2.45) is 5.73 Å². The summed E-state index contributed by atoms with van der Waals surface area (Å²) in [5.74, 6) is -0.610. The fraction of sp³-hybridized carbons (Fsp3) is 0.500. The average molecular weight is 366 g/mol. The molecule has 1 atom stereocenters. The summed E-state index contributed by atoms with van der Waals surface area (Å²) in [6, 6.07) is 3.88. The highest BCUT2D eigenvalue weighted by molar-refractivity contribution is 7.89. The van der Waals surface area contributed by atoms with Gasteiger partial charge in [-0.2, -0.15) is 0 Å². The first-order valence-electron chi connectivity index (χ1n) is 7.12. The number of hydrogen-bond donors (Lipinski definition) is 2. The summed E-state index contributed by atoms with van der Waals surface area (Å²) in [5, 5.41) is 0. The van der Waals surface area contributed by atoms with Gasteiger partial charge in [0.1, 0.15) is 5.82 Å². The van der Waals surface area contributed by atoms with Gasteiger partial charge in [0.15, 0.2) is 0 Å². The normalized spacial score (nSPS) is 17.4. The van der Waals surface area contributed by atoms with Gasteiger partial charge in [-0.25, -0.2) is 17.5 Å². The predicted molar refractivity (Wildman–Crippen MR) is 87.2 cm³/mol. The maximum Gasteiger partial charge on any atom is 0.240 e. The molecular weight excluding hydrogens is 345 g/mol. The van der Waals surface area contributed by atoms with E-state index in [9.17, 15) is 17.6 Å². The molecule has 0 spiro atoms. The summed E-state index contributed by atoms with van der Waals surface area (Å²) in [7, 11) is -3.68. The number of nitrogens with zero attached hydrogens (tertiary/aromatic N) is 1. The average Bonchev–Trinajstić information content (AvgIpc) is 2.47. The van der Waals surface area contributed by atoms with Crippen LogP contribution in [0.1, 0.15) is 19.8 Å². The molecule has 2 rings (SSSR count). The molecule has 0 saturated carbocycles. The molecule has 1 aromatic carbocycles. The van der Waals surface area contributed by atoms with Crippen molar-refractivity contribution in [3.8, 4) is 0 Å². The van der Waals surface area contributed by atoms with Crippen LogP contribution in [0.15, 0.2) is 29.2 Å². The zero-order valence-corrected chi connectivity index (χ0v) is 14.4. The molecule has 1 aliphatic heterocycles. The van der Waals surface area contributed by atoms with E-state index >= 15 is 0 Å². The molecule has 0 aliphatic carbocycles. The molecule has 6 nitrogen and oxygen atoms in total. The predicted octanol–water partition coefficient (Wildman–Crippen LogP) is 0.864. The second kappa shape index (κ2) is 8.05. The van der Waals surface area contributed by atoms with E-state index in [1.165, 1.54) is 12.1 Å². The number of piperidine rings is 1. The maximum absolute atomic E-state index is 12.9. The first kappa shape index (κ1) is 19.8. The molecule has 1 aromatic rings. The van der Waals surface area contributed by atoms with Crippen LogP contribution in [-0.2, 0) is 14.8 Å². The number of benzene rings is 1.